The Morgan fingerprint density at radius 3 is 2.80 bits per heavy atom. The van der Waals surface area contributed by atoms with E-state index in [9.17, 15) is 0 Å². The normalized spacial score (nSPS) is 15.9. The third-order valence-electron chi connectivity index (χ3n) is 2.91. The summed E-state index contributed by atoms with van der Waals surface area (Å²) in [5, 5.41) is 8.48. The highest BCUT2D eigenvalue weighted by molar-refractivity contribution is 5.11. The quantitative estimate of drug-likeness (QED) is 0.762. The maximum Gasteiger partial charge on any atom is 0.0871 e. The van der Waals surface area contributed by atoms with Crippen molar-refractivity contribution in [1.29, 1.82) is 0 Å². The average Bonchev–Trinajstić information content (AvgIpc) is 2.96. The third-order valence-corrected chi connectivity index (χ3v) is 2.91. The minimum absolute atomic E-state index is 0.666. The molecule has 1 saturated carbocycles. The molecule has 0 aliphatic heterocycles. The van der Waals surface area contributed by atoms with Crippen LogP contribution in [-0.2, 0) is 19.4 Å². The number of nitrogens with zero attached hydrogens (tertiary/aromatic N) is 3. The van der Waals surface area contributed by atoms with Gasteiger partial charge in [-0.15, -0.1) is 5.10 Å². The topological polar surface area (TPSA) is 56.7 Å². The summed E-state index contributed by atoms with van der Waals surface area (Å²) in [6.45, 7) is 3.92. The van der Waals surface area contributed by atoms with E-state index in [-0.39, 0.29) is 0 Å². The predicted octanol–water partition coefficient (Wildman–Crippen LogP) is 1.14. The van der Waals surface area contributed by atoms with E-state index in [4.69, 9.17) is 5.73 Å². The van der Waals surface area contributed by atoms with Crippen LogP contribution in [0.2, 0.25) is 0 Å². The standard InChI is InChI=1S/C11H20N4/c1-2-3-11-10(6-7-12)13-14-15(11)8-9-4-5-9/h9H,2-8,12H2,1H3. The first kappa shape index (κ1) is 10.6. The fraction of sp³-hybridized carbons (Fsp3) is 0.818. The second-order valence-electron chi connectivity index (χ2n) is 4.40. The Morgan fingerprint density at radius 2 is 2.20 bits per heavy atom. The molecule has 15 heavy (non-hydrogen) atoms. The van der Waals surface area contributed by atoms with Gasteiger partial charge in [-0.05, 0) is 31.7 Å². The van der Waals surface area contributed by atoms with Gasteiger partial charge in [-0.3, -0.25) is 0 Å². The lowest BCUT2D eigenvalue weighted by Gasteiger charge is -2.05. The molecular formula is C11H20N4. The summed E-state index contributed by atoms with van der Waals surface area (Å²) in [6, 6.07) is 0. The minimum Gasteiger partial charge on any atom is -0.330 e. The maximum atomic E-state index is 5.57. The van der Waals surface area contributed by atoms with Crippen LogP contribution in [0.1, 0.15) is 37.6 Å². The molecule has 1 aromatic rings. The van der Waals surface area contributed by atoms with Gasteiger partial charge in [-0.2, -0.15) is 0 Å². The zero-order chi connectivity index (χ0) is 10.7. The lowest BCUT2D eigenvalue weighted by molar-refractivity contribution is 0.521. The van der Waals surface area contributed by atoms with Crippen LogP contribution in [0.4, 0.5) is 0 Å². The van der Waals surface area contributed by atoms with Gasteiger partial charge in [0, 0.05) is 13.0 Å². The van der Waals surface area contributed by atoms with Crippen LogP contribution in [0.3, 0.4) is 0 Å². The van der Waals surface area contributed by atoms with Crippen LogP contribution < -0.4 is 5.73 Å². The summed E-state index contributed by atoms with van der Waals surface area (Å²) >= 11 is 0. The lowest BCUT2D eigenvalue weighted by atomic mass is 10.1. The van der Waals surface area contributed by atoms with Crippen molar-refractivity contribution in [1.82, 2.24) is 15.0 Å². The van der Waals surface area contributed by atoms with Crippen molar-refractivity contribution < 1.29 is 0 Å². The van der Waals surface area contributed by atoms with E-state index in [0.29, 0.717) is 6.54 Å². The average molecular weight is 208 g/mol. The Hall–Kier alpha value is -0.900. The largest absolute Gasteiger partial charge is 0.330 e. The first-order valence-electron chi connectivity index (χ1n) is 5.96. The van der Waals surface area contributed by atoms with Gasteiger partial charge >= 0.3 is 0 Å². The first-order chi connectivity index (χ1) is 7.35. The molecule has 1 aliphatic carbocycles. The van der Waals surface area contributed by atoms with E-state index in [2.05, 4.69) is 21.9 Å². The Kier molecular flexibility index (Phi) is 3.36. The summed E-state index contributed by atoms with van der Waals surface area (Å²) in [5.74, 6) is 0.855. The van der Waals surface area contributed by atoms with E-state index < -0.39 is 0 Å². The molecule has 0 saturated heterocycles. The van der Waals surface area contributed by atoms with Crippen molar-refractivity contribution >= 4 is 0 Å². The van der Waals surface area contributed by atoms with E-state index >= 15 is 0 Å². The highest BCUT2D eigenvalue weighted by Gasteiger charge is 2.24. The lowest BCUT2D eigenvalue weighted by Crippen LogP contribution is -2.09. The number of nitrogens with two attached hydrogens (primary N) is 1. The zero-order valence-electron chi connectivity index (χ0n) is 9.45. The molecule has 1 aromatic heterocycles. The van der Waals surface area contributed by atoms with Crippen LogP contribution in [-0.4, -0.2) is 21.5 Å². The van der Waals surface area contributed by atoms with E-state index in [1.807, 2.05) is 0 Å². The van der Waals surface area contributed by atoms with Crippen molar-refractivity contribution in [3.05, 3.63) is 11.4 Å². The number of aromatic nitrogens is 3. The smallest absolute Gasteiger partial charge is 0.0871 e. The van der Waals surface area contributed by atoms with Crippen LogP contribution in [0.5, 0.6) is 0 Å². The Morgan fingerprint density at radius 1 is 1.40 bits per heavy atom. The second-order valence-corrected chi connectivity index (χ2v) is 4.40. The molecule has 2 rings (SSSR count). The van der Waals surface area contributed by atoms with E-state index in [1.165, 1.54) is 18.5 Å². The number of hydrogen-bond donors (Lipinski definition) is 1. The summed E-state index contributed by atoms with van der Waals surface area (Å²) in [7, 11) is 0. The predicted molar refractivity (Wildman–Crippen MR) is 59.5 cm³/mol. The SMILES string of the molecule is CCCc1c(CCN)nnn1CC1CC1. The van der Waals surface area contributed by atoms with Crippen molar-refractivity contribution in [3.8, 4) is 0 Å². The maximum absolute atomic E-state index is 5.57. The molecule has 1 aliphatic rings. The molecule has 0 bridgehead atoms. The number of rotatable bonds is 6. The molecule has 4 heteroatoms. The monoisotopic (exact) mass is 208 g/mol. The minimum atomic E-state index is 0.666. The summed E-state index contributed by atoms with van der Waals surface area (Å²) in [6.07, 6.45) is 5.81. The number of hydrogen-bond acceptors (Lipinski definition) is 3. The molecule has 4 nitrogen and oxygen atoms in total. The van der Waals surface area contributed by atoms with Crippen LogP contribution in [0.25, 0.3) is 0 Å². The van der Waals surface area contributed by atoms with Gasteiger partial charge in [0.2, 0.25) is 0 Å². The van der Waals surface area contributed by atoms with Crippen molar-refractivity contribution in [2.75, 3.05) is 6.54 Å². The van der Waals surface area contributed by atoms with Gasteiger partial charge in [0.05, 0.1) is 11.4 Å². The molecule has 0 atom stereocenters. The Bertz CT molecular complexity index is 314. The fourth-order valence-corrected chi connectivity index (χ4v) is 1.90. The third kappa shape index (κ3) is 2.56. The van der Waals surface area contributed by atoms with Crippen LogP contribution in [0, 0.1) is 5.92 Å². The molecule has 0 amide bonds. The Balaban J connectivity index is 2.11. The fourth-order valence-electron chi connectivity index (χ4n) is 1.90. The summed E-state index contributed by atoms with van der Waals surface area (Å²) in [4.78, 5) is 0. The van der Waals surface area contributed by atoms with Gasteiger partial charge in [0.1, 0.15) is 0 Å². The van der Waals surface area contributed by atoms with Gasteiger partial charge in [-0.1, -0.05) is 18.6 Å². The van der Waals surface area contributed by atoms with Crippen molar-refractivity contribution in [2.45, 2.75) is 45.6 Å². The molecule has 0 radical (unpaired) electrons. The van der Waals surface area contributed by atoms with E-state index in [1.54, 1.807) is 0 Å². The molecule has 2 N–H and O–H groups in total. The molecule has 1 heterocycles. The van der Waals surface area contributed by atoms with E-state index in [0.717, 1.165) is 37.4 Å². The molecule has 0 aromatic carbocycles. The first-order valence-corrected chi connectivity index (χ1v) is 5.96. The molecule has 0 spiro atoms. The second kappa shape index (κ2) is 4.75. The van der Waals surface area contributed by atoms with Crippen molar-refractivity contribution in [3.63, 3.8) is 0 Å². The van der Waals surface area contributed by atoms with Gasteiger partial charge in [0.15, 0.2) is 0 Å². The van der Waals surface area contributed by atoms with Crippen molar-refractivity contribution in [2.24, 2.45) is 11.7 Å². The van der Waals surface area contributed by atoms with Gasteiger partial charge < -0.3 is 5.73 Å². The highest BCUT2D eigenvalue weighted by atomic mass is 15.4. The summed E-state index contributed by atoms with van der Waals surface area (Å²) in [5.41, 5.74) is 8.00. The highest BCUT2D eigenvalue weighted by Crippen LogP contribution is 2.31. The molecular weight excluding hydrogens is 188 g/mol. The Labute approximate surface area is 90.8 Å². The molecule has 0 unspecified atom stereocenters. The van der Waals surface area contributed by atoms with Crippen LogP contribution >= 0.6 is 0 Å². The van der Waals surface area contributed by atoms with Gasteiger partial charge in [-0.25, -0.2) is 4.68 Å². The zero-order valence-corrected chi connectivity index (χ0v) is 9.45. The van der Waals surface area contributed by atoms with Gasteiger partial charge in [0.25, 0.3) is 0 Å². The van der Waals surface area contributed by atoms with Crippen LogP contribution in [0.15, 0.2) is 0 Å². The summed E-state index contributed by atoms with van der Waals surface area (Å²) < 4.78 is 2.10. The molecule has 1 fully saturated rings. The molecule has 84 valence electrons.